The SMILES string of the molecule is CCC1=C(CC)C(CC)(C(C)(C)C)C(C2=CC=CC2)=C2[C-]=c3cc(C(C)(C)C)cc(CC)c3=C21.[Cl-].[Cl-].[Zr+2]=[C](c1ccccc1)c1ccccc1. The summed E-state index contributed by atoms with van der Waals surface area (Å²) in [7, 11) is 0. The first-order valence-electron chi connectivity index (χ1n) is 18.2. The van der Waals surface area contributed by atoms with Crippen molar-refractivity contribution in [2.45, 2.75) is 107 Å². The van der Waals surface area contributed by atoms with Gasteiger partial charge in [0.2, 0.25) is 0 Å². The number of rotatable bonds is 7. The molecule has 0 radical (unpaired) electrons. The molecule has 0 bridgehead atoms. The Kier molecular flexibility index (Phi) is 14.3. The van der Waals surface area contributed by atoms with Crippen LogP contribution in [-0.2, 0) is 36.1 Å². The van der Waals surface area contributed by atoms with E-state index in [-0.39, 0.29) is 41.1 Å². The number of hydrogen-bond acceptors (Lipinski definition) is 0. The summed E-state index contributed by atoms with van der Waals surface area (Å²) in [6, 6.07) is 26.0. The zero-order valence-corrected chi connectivity index (χ0v) is 35.9. The van der Waals surface area contributed by atoms with Crippen LogP contribution in [0.5, 0.6) is 0 Å². The van der Waals surface area contributed by atoms with Crippen molar-refractivity contribution in [2.75, 3.05) is 0 Å². The van der Waals surface area contributed by atoms with Gasteiger partial charge in [0, 0.05) is 0 Å². The van der Waals surface area contributed by atoms with Gasteiger partial charge < -0.3 is 24.8 Å². The predicted octanol–water partition coefficient (Wildman–Crippen LogP) is 4.93. The molecule has 6 rings (SSSR count). The molecule has 1 atom stereocenters. The van der Waals surface area contributed by atoms with Gasteiger partial charge in [-0.15, -0.1) is 33.7 Å². The van der Waals surface area contributed by atoms with E-state index in [0.717, 1.165) is 32.1 Å². The van der Waals surface area contributed by atoms with Crippen molar-refractivity contribution in [1.29, 1.82) is 0 Å². The van der Waals surface area contributed by atoms with Gasteiger partial charge in [0.05, 0.1) is 0 Å². The Hall–Kier alpha value is -2.31. The summed E-state index contributed by atoms with van der Waals surface area (Å²) in [6.07, 6.45) is 16.4. The summed E-state index contributed by atoms with van der Waals surface area (Å²) in [5.74, 6) is 0. The van der Waals surface area contributed by atoms with Crippen LogP contribution < -0.4 is 35.3 Å². The van der Waals surface area contributed by atoms with Crippen LogP contribution in [0.4, 0.5) is 0 Å². The molecular weight excluding hydrogens is 727 g/mol. The molecule has 0 nitrogen and oxygen atoms in total. The third kappa shape index (κ3) is 7.73. The second-order valence-corrected chi connectivity index (χ2v) is 16.7. The van der Waals surface area contributed by atoms with Gasteiger partial charge in [0.25, 0.3) is 0 Å². The van der Waals surface area contributed by atoms with Crippen LogP contribution in [0.1, 0.15) is 117 Å². The fourth-order valence-electron chi connectivity index (χ4n) is 8.49. The molecule has 0 heterocycles. The molecule has 262 valence electrons. The molecule has 0 saturated heterocycles. The Morgan fingerprint density at radius 1 is 0.780 bits per heavy atom. The summed E-state index contributed by atoms with van der Waals surface area (Å²) in [5, 5.41) is 2.79. The minimum absolute atomic E-state index is 0. The summed E-state index contributed by atoms with van der Waals surface area (Å²) < 4.78 is 1.42. The minimum atomic E-state index is 0. The zero-order chi connectivity index (χ0) is 34.9. The third-order valence-electron chi connectivity index (χ3n) is 10.8. The quantitative estimate of drug-likeness (QED) is 0.299. The first-order chi connectivity index (χ1) is 22.8. The molecule has 3 aliphatic rings. The first-order valence-corrected chi connectivity index (χ1v) is 19.4. The second kappa shape index (κ2) is 17.0. The molecule has 3 heteroatoms. The van der Waals surface area contributed by atoms with Crippen LogP contribution in [-0.4, -0.2) is 3.21 Å². The summed E-state index contributed by atoms with van der Waals surface area (Å²) in [6.45, 7) is 23.9. The fraction of sp³-hybridized carbons (Fsp3) is 0.383. The van der Waals surface area contributed by atoms with Crippen molar-refractivity contribution in [3.05, 3.63) is 152 Å². The molecular formula is C47H55Cl2Zr-. The fourth-order valence-corrected chi connectivity index (χ4v) is 9.31. The maximum atomic E-state index is 4.06. The summed E-state index contributed by atoms with van der Waals surface area (Å²) >= 11 is 1.46. The number of aryl methyl sites for hydroxylation is 1. The Labute approximate surface area is 330 Å². The van der Waals surface area contributed by atoms with E-state index in [4.69, 9.17) is 0 Å². The van der Waals surface area contributed by atoms with Gasteiger partial charge in [0.15, 0.2) is 0 Å². The first kappa shape index (κ1) is 42.1. The average molecular weight is 782 g/mol. The molecule has 0 fully saturated rings. The van der Waals surface area contributed by atoms with E-state index in [1.54, 1.807) is 16.7 Å². The molecule has 0 amide bonds. The Bertz CT molecular complexity index is 1900. The van der Waals surface area contributed by atoms with Gasteiger partial charge in [0.1, 0.15) is 0 Å². The topological polar surface area (TPSA) is 0 Å². The Balaban J connectivity index is 0.000000355. The molecule has 0 saturated carbocycles. The maximum absolute atomic E-state index is 4.06. The van der Waals surface area contributed by atoms with E-state index in [1.807, 2.05) is 0 Å². The number of fused-ring (bicyclic) bond motifs is 2. The van der Waals surface area contributed by atoms with Crippen LogP contribution in [0.3, 0.4) is 0 Å². The monoisotopic (exact) mass is 779 g/mol. The van der Waals surface area contributed by atoms with Gasteiger partial charge in [-0.2, -0.15) is 0 Å². The summed E-state index contributed by atoms with van der Waals surface area (Å²) in [5.41, 5.74) is 15.1. The van der Waals surface area contributed by atoms with Crippen molar-refractivity contribution in [3.63, 3.8) is 0 Å². The van der Waals surface area contributed by atoms with Crippen molar-refractivity contribution in [3.8, 4) is 0 Å². The molecule has 3 aliphatic carbocycles. The van der Waals surface area contributed by atoms with E-state index in [2.05, 4.69) is 166 Å². The Morgan fingerprint density at radius 3 is 1.78 bits per heavy atom. The second-order valence-electron chi connectivity index (χ2n) is 15.5. The summed E-state index contributed by atoms with van der Waals surface area (Å²) in [4.78, 5) is 0. The number of benzene rings is 3. The van der Waals surface area contributed by atoms with Gasteiger partial charge >= 0.3 is 99.2 Å². The standard InChI is InChI=1S/C34H45.C13H10.2ClH.Zr/c1-11-22-19-25(32(5,6)7)20-24-21-27-30(29(22)24)26(12-2)28(13-3)34(14-4,33(8,9)10)31(27)23-17-15-16-18-23;1-3-7-12(8-4-1)11-13-9-5-2-6-10-13;;;/h15-17,19-20H,11-14,18H2,1-10H3;1-10H;2*1H;/q-1;;;;+2/p-2. The van der Waals surface area contributed by atoms with Crippen molar-refractivity contribution < 1.29 is 49.0 Å². The molecule has 3 aromatic rings. The van der Waals surface area contributed by atoms with E-state index >= 15 is 0 Å². The third-order valence-corrected chi connectivity index (χ3v) is 12.2. The van der Waals surface area contributed by atoms with Gasteiger partial charge in [-0.3, -0.25) is 0 Å². The van der Waals surface area contributed by atoms with Crippen molar-refractivity contribution in [2.24, 2.45) is 10.8 Å². The van der Waals surface area contributed by atoms with Crippen molar-refractivity contribution >= 4 is 14.9 Å². The van der Waals surface area contributed by atoms with Crippen LogP contribution >= 0.6 is 0 Å². The van der Waals surface area contributed by atoms with Gasteiger partial charge in [-0.05, 0) is 48.3 Å². The van der Waals surface area contributed by atoms with Crippen LogP contribution in [0, 0.1) is 10.8 Å². The van der Waals surface area contributed by atoms with E-state index < -0.39 is 0 Å². The van der Waals surface area contributed by atoms with Gasteiger partial charge in [-0.25, -0.2) is 0 Å². The normalized spacial score (nSPS) is 17.9. The molecule has 0 aliphatic heterocycles. The average Bonchev–Trinajstić information content (AvgIpc) is 3.75. The van der Waals surface area contributed by atoms with Crippen LogP contribution in [0.15, 0.2) is 119 Å². The molecule has 0 aromatic heterocycles. The molecule has 3 aromatic carbocycles. The zero-order valence-electron chi connectivity index (χ0n) is 32.0. The molecule has 0 N–H and O–H groups in total. The number of allylic oxidation sites excluding steroid dienone is 8. The predicted molar refractivity (Wildman–Crippen MR) is 205 cm³/mol. The van der Waals surface area contributed by atoms with Crippen LogP contribution in [0.25, 0.3) is 11.6 Å². The van der Waals surface area contributed by atoms with Crippen molar-refractivity contribution in [1.82, 2.24) is 0 Å². The van der Waals surface area contributed by atoms with Crippen LogP contribution in [0.2, 0.25) is 0 Å². The van der Waals surface area contributed by atoms with E-state index in [9.17, 15) is 0 Å². The molecule has 50 heavy (non-hydrogen) atoms. The molecule has 1 unspecified atom stereocenters. The number of hydrogen-bond donors (Lipinski definition) is 0. The van der Waals surface area contributed by atoms with E-state index in [1.165, 1.54) is 76.9 Å². The van der Waals surface area contributed by atoms with E-state index in [0.29, 0.717) is 0 Å². The van der Waals surface area contributed by atoms with Gasteiger partial charge in [-0.1, -0.05) is 127 Å². The Morgan fingerprint density at radius 2 is 1.36 bits per heavy atom. The number of halogens is 2. The molecule has 0 spiro atoms.